The van der Waals surface area contributed by atoms with E-state index in [2.05, 4.69) is 48.3 Å². The number of hydrogen-bond donors (Lipinski definition) is 3. The lowest BCUT2D eigenvalue weighted by atomic mass is 10.1. The van der Waals surface area contributed by atoms with E-state index in [0.717, 1.165) is 23.3 Å². The van der Waals surface area contributed by atoms with Crippen molar-refractivity contribution in [3.05, 3.63) is 77.0 Å². The third-order valence-electron chi connectivity index (χ3n) is 6.44. The van der Waals surface area contributed by atoms with Gasteiger partial charge in [0.15, 0.2) is 0 Å². The maximum Gasteiger partial charge on any atom is 0.229 e. The molecule has 0 spiro atoms. The molecule has 3 aromatic heterocycles. The number of amides is 1. The average Bonchev–Trinajstić information content (AvgIpc) is 3.73. The van der Waals surface area contributed by atoms with Crippen molar-refractivity contribution >= 4 is 40.5 Å². The number of rotatable bonds is 7. The summed E-state index contributed by atoms with van der Waals surface area (Å²) >= 11 is 6.10. The standard InChI is InChI=1S/C25H24ClN7O/c26-17-5-16(6-18(27)7-17)20-8-21(20)25(34)32-23-9-22(29-13-30-23)28-10-19-12-33-11-15(14-1-2-14)3-4-24(33)31-19/h3-7,9,11-14,20-21H,1-2,8,10,27H2,(H2,28,29,30,32,34)/t20-,21+/m0/s1. The van der Waals surface area contributed by atoms with Crippen LogP contribution in [0.5, 0.6) is 0 Å². The van der Waals surface area contributed by atoms with Gasteiger partial charge in [-0.2, -0.15) is 0 Å². The van der Waals surface area contributed by atoms with Gasteiger partial charge >= 0.3 is 0 Å². The lowest BCUT2D eigenvalue weighted by molar-refractivity contribution is -0.117. The smallest absolute Gasteiger partial charge is 0.229 e. The summed E-state index contributed by atoms with van der Waals surface area (Å²) in [5.41, 5.74) is 10.7. The number of hydrogen-bond acceptors (Lipinski definition) is 6. The van der Waals surface area contributed by atoms with Crippen molar-refractivity contribution in [3.8, 4) is 0 Å². The van der Waals surface area contributed by atoms with Gasteiger partial charge in [-0.3, -0.25) is 4.79 Å². The molecule has 0 aliphatic heterocycles. The fourth-order valence-electron chi connectivity index (χ4n) is 4.43. The number of imidazole rings is 1. The van der Waals surface area contributed by atoms with Crippen molar-refractivity contribution in [2.24, 2.45) is 5.92 Å². The van der Waals surface area contributed by atoms with E-state index in [1.807, 2.05) is 18.3 Å². The highest BCUT2D eigenvalue weighted by Gasteiger charge is 2.44. The molecule has 172 valence electrons. The Kier molecular flexibility index (Phi) is 5.10. The monoisotopic (exact) mass is 473 g/mol. The van der Waals surface area contributed by atoms with Crippen LogP contribution >= 0.6 is 11.6 Å². The first-order valence-corrected chi connectivity index (χ1v) is 11.8. The Balaban J connectivity index is 1.08. The molecule has 6 rings (SSSR count). The molecule has 0 unspecified atom stereocenters. The van der Waals surface area contributed by atoms with E-state index in [1.54, 1.807) is 12.1 Å². The van der Waals surface area contributed by atoms with E-state index >= 15 is 0 Å². The SMILES string of the molecule is Nc1cc(Cl)cc([C@@H]2C[C@H]2C(=O)Nc2cc(NCc3cn4cc(C5CC5)ccc4n3)ncn2)c1. The highest BCUT2D eigenvalue weighted by Crippen LogP contribution is 2.49. The van der Waals surface area contributed by atoms with E-state index < -0.39 is 0 Å². The number of carbonyl (C=O) groups is 1. The first kappa shape index (κ1) is 20.9. The Morgan fingerprint density at radius 1 is 1.09 bits per heavy atom. The topological polar surface area (TPSA) is 110 Å². The molecule has 34 heavy (non-hydrogen) atoms. The first-order valence-electron chi connectivity index (χ1n) is 11.4. The minimum absolute atomic E-state index is 0.0694. The lowest BCUT2D eigenvalue weighted by Crippen LogP contribution is -2.16. The number of anilines is 3. The normalized spacial score (nSPS) is 19.2. The van der Waals surface area contributed by atoms with Gasteiger partial charge in [-0.15, -0.1) is 0 Å². The predicted octanol–water partition coefficient (Wildman–Crippen LogP) is 4.59. The van der Waals surface area contributed by atoms with Gasteiger partial charge in [0.1, 0.15) is 23.6 Å². The number of carbonyl (C=O) groups excluding carboxylic acids is 1. The second-order valence-electron chi connectivity index (χ2n) is 9.13. The molecule has 9 heteroatoms. The highest BCUT2D eigenvalue weighted by atomic mass is 35.5. The molecule has 8 nitrogen and oxygen atoms in total. The van der Waals surface area contributed by atoms with Crippen LogP contribution in [0, 0.1) is 5.92 Å². The molecule has 0 bridgehead atoms. The molecule has 4 N–H and O–H groups in total. The van der Waals surface area contributed by atoms with Gasteiger partial charge in [0.25, 0.3) is 0 Å². The minimum atomic E-state index is -0.122. The second-order valence-corrected chi connectivity index (χ2v) is 9.57. The molecule has 0 radical (unpaired) electrons. The third kappa shape index (κ3) is 4.41. The van der Waals surface area contributed by atoms with Crippen LogP contribution in [-0.4, -0.2) is 25.3 Å². The average molecular weight is 474 g/mol. The van der Waals surface area contributed by atoms with E-state index in [4.69, 9.17) is 17.3 Å². The molecule has 0 saturated heterocycles. The number of halogens is 1. The summed E-state index contributed by atoms with van der Waals surface area (Å²) in [6.45, 7) is 0.520. The van der Waals surface area contributed by atoms with Crippen LogP contribution in [-0.2, 0) is 11.3 Å². The Labute approximate surface area is 201 Å². The van der Waals surface area contributed by atoms with E-state index in [0.29, 0.717) is 34.8 Å². The Hall–Kier alpha value is -3.65. The zero-order valence-corrected chi connectivity index (χ0v) is 19.2. The number of nitrogens with zero attached hydrogens (tertiary/aromatic N) is 4. The largest absolute Gasteiger partial charge is 0.399 e. The van der Waals surface area contributed by atoms with Crippen molar-refractivity contribution < 1.29 is 4.79 Å². The van der Waals surface area contributed by atoms with Gasteiger partial charge in [-0.25, -0.2) is 15.0 Å². The molecule has 2 aliphatic carbocycles. The molecule has 4 aromatic rings. The van der Waals surface area contributed by atoms with Gasteiger partial charge < -0.3 is 20.8 Å². The molecule has 2 aliphatic rings. The van der Waals surface area contributed by atoms with Gasteiger partial charge in [0.2, 0.25) is 5.91 Å². The van der Waals surface area contributed by atoms with Crippen molar-refractivity contribution in [2.45, 2.75) is 37.6 Å². The van der Waals surface area contributed by atoms with E-state index in [-0.39, 0.29) is 17.7 Å². The van der Waals surface area contributed by atoms with Crippen LogP contribution < -0.4 is 16.4 Å². The van der Waals surface area contributed by atoms with Gasteiger partial charge in [0, 0.05) is 35.1 Å². The molecule has 2 atom stereocenters. The fourth-order valence-corrected chi connectivity index (χ4v) is 4.68. The summed E-state index contributed by atoms with van der Waals surface area (Å²) in [6, 6.07) is 11.4. The molecule has 2 saturated carbocycles. The first-order chi connectivity index (χ1) is 16.5. The maximum atomic E-state index is 12.7. The number of pyridine rings is 1. The zero-order valence-electron chi connectivity index (χ0n) is 18.4. The van der Waals surface area contributed by atoms with Gasteiger partial charge in [-0.1, -0.05) is 17.7 Å². The van der Waals surface area contributed by atoms with Crippen LogP contribution in [0.4, 0.5) is 17.3 Å². The Morgan fingerprint density at radius 2 is 1.94 bits per heavy atom. The molecule has 1 aromatic carbocycles. The number of nitrogens with two attached hydrogens (primary N) is 1. The fraction of sp³-hybridized carbons (Fsp3) is 0.280. The van der Waals surface area contributed by atoms with Crippen LogP contribution in [0.15, 0.2) is 55.1 Å². The summed E-state index contributed by atoms with van der Waals surface area (Å²) in [4.78, 5) is 25.9. The minimum Gasteiger partial charge on any atom is -0.399 e. The zero-order chi connectivity index (χ0) is 23.2. The summed E-state index contributed by atoms with van der Waals surface area (Å²) in [5, 5.41) is 6.76. The van der Waals surface area contributed by atoms with Gasteiger partial charge in [0.05, 0.1) is 12.2 Å². The third-order valence-corrected chi connectivity index (χ3v) is 6.66. The molecular weight excluding hydrogens is 450 g/mol. The highest BCUT2D eigenvalue weighted by molar-refractivity contribution is 6.30. The van der Waals surface area contributed by atoms with Gasteiger partial charge in [-0.05, 0) is 66.5 Å². The van der Waals surface area contributed by atoms with Crippen LogP contribution in [0.25, 0.3) is 5.65 Å². The van der Waals surface area contributed by atoms with Crippen LogP contribution in [0.1, 0.15) is 47.9 Å². The number of nitrogens with one attached hydrogen (secondary N) is 2. The number of fused-ring (bicyclic) bond motifs is 1. The van der Waals surface area contributed by atoms with Crippen molar-refractivity contribution in [3.63, 3.8) is 0 Å². The maximum absolute atomic E-state index is 12.7. The predicted molar refractivity (Wildman–Crippen MR) is 132 cm³/mol. The van der Waals surface area contributed by atoms with Crippen molar-refractivity contribution in [1.29, 1.82) is 0 Å². The van der Waals surface area contributed by atoms with Crippen molar-refractivity contribution in [1.82, 2.24) is 19.4 Å². The molecule has 1 amide bonds. The van der Waals surface area contributed by atoms with Crippen LogP contribution in [0.3, 0.4) is 0 Å². The number of benzene rings is 1. The molecular formula is C25H24ClN7O. The lowest BCUT2D eigenvalue weighted by Gasteiger charge is -2.07. The Morgan fingerprint density at radius 3 is 2.76 bits per heavy atom. The van der Waals surface area contributed by atoms with E-state index in [9.17, 15) is 4.79 Å². The van der Waals surface area contributed by atoms with Crippen LogP contribution in [0.2, 0.25) is 5.02 Å². The Bertz CT molecular complexity index is 1380. The van der Waals surface area contributed by atoms with Crippen molar-refractivity contribution in [2.75, 3.05) is 16.4 Å². The molecule has 3 heterocycles. The molecule has 2 fully saturated rings. The second kappa shape index (κ2) is 8.29. The number of nitrogen functional groups attached to an aromatic ring is 1. The summed E-state index contributed by atoms with van der Waals surface area (Å²) in [6.07, 6.45) is 8.96. The summed E-state index contributed by atoms with van der Waals surface area (Å²) in [5.74, 6) is 1.72. The van der Waals surface area contributed by atoms with E-state index in [1.165, 1.54) is 24.7 Å². The summed E-state index contributed by atoms with van der Waals surface area (Å²) < 4.78 is 2.08. The summed E-state index contributed by atoms with van der Waals surface area (Å²) in [7, 11) is 0. The number of aromatic nitrogens is 4. The quantitative estimate of drug-likeness (QED) is 0.338.